The van der Waals surface area contributed by atoms with Gasteiger partial charge < -0.3 is 4.57 Å². The van der Waals surface area contributed by atoms with E-state index in [1.165, 1.54) is 6.26 Å². The Morgan fingerprint density at radius 2 is 1.89 bits per heavy atom. The highest BCUT2D eigenvalue weighted by Crippen LogP contribution is 2.28. The van der Waals surface area contributed by atoms with E-state index in [1.807, 2.05) is 0 Å². The van der Waals surface area contributed by atoms with E-state index >= 15 is 0 Å². The molecule has 0 aliphatic heterocycles. The summed E-state index contributed by atoms with van der Waals surface area (Å²) >= 11 is 17.7. The molecule has 0 saturated heterocycles. The Morgan fingerprint density at radius 3 is 2.47 bits per heavy atom. The van der Waals surface area contributed by atoms with Crippen molar-refractivity contribution in [2.75, 3.05) is 12.0 Å². The number of aryl methyl sites for hydroxylation is 1. The van der Waals surface area contributed by atoms with Crippen molar-refractivity contribution < 1.29 is 8.42 Å². The lowest BCUT2D eigenvalue weighted by atomic mass is 10.3. The first kappa shape index (κ1) is 14.9. The van der Waals surface area contributed by atoms with Gasteiger partial charge in [-0.1, -0.05) is 23.2 Å². The van der Waals surface area contributed by atoms with Crippen molar-refractivity contribution >= 4 is 55.7 Å². The van der Waals surface area contributed by atoms with Crippen molar-refractivity contribution in [3.8, 4) is 0 Å². The van der Waals surface area contributed by atoms with Crippen LogP contribution in [0.4, 0.5) is 0 Å². The maximum atomic E-state index is 11.3. The molecule has 4 nitrogen and oxygen atoms in total. The van der Waals surface area contributed by atoms with Gasteiger partial charge in [0.1, 0.15) is 15.7 Å². The number of aromatic nitrogens is 2. The molecule has 0 aliphatic carbocycles. The number of benzene rings is 1. The van der Waals surface area contributed by atoms with E-state index in [-0.39, 0.29) is 18.2 Å². The Kier molecular flexibility index (Phi) is 4.30. The minimum absolute atomic E-state index is 0.0165. The summed E-state index contributed by atoms with van der Waals surface area (Å²) in [5, 5.41) is 0.804. The fourth-order valence-electron chi connectivity index (χ4n) is 1.78. The van der Waals surface area contributed by atoms with Crippen LogP contribution in [0.1, 0.15) is 5.82 Å². The average Bonchev–Trinajstić information content (AvgIpc) is 2.63. The Hall–Kier alpha value is -0.490. The number of alkyl halides is 1. The molecule has 1 aromatic heterocycles. The highest BCUT2D eigenvalue weighted by molar-refractivity contribution is 7.90. The van der Waals surface area contributed by atoms with E-state index in [0.717, 1.165) is 5.52 Å². The zero-order valence-electron chi connectivity index (χ0n) is 10.0. The number of nitrogens with zero attached hydrogens (tertiary/aromatic N) is 2. The van der Waals surface area contributed by atoms with Gasteiger partial charge in [0.15, 0.2) is 0 Å². The van der Waals surface area contributed by atoms with E-state index in [4.69, 9.17) is 34.8 Å². The van der Waals surface area contributed by atoms with Crippen molar-refractivity contribution in [1.29, 1.82) is 0 Å². The molecule has 2 aromatic rings. The molecule has 0 aliphatic rings. The maximum absolute atomic E-state index is 11.3. The Morgan fingerprint density at radius 1 is 1.26 bits per heavy atom. The summed E-state index contributed by atoms with van der Waals surface area (Å²) in [6.45, 7) is 0.287. The van der Waals surface area contributed by atoms with Gasteiger partial charge in [-0.2, -0.15) is 0 Å². The molecule has 0 radical (unpaired) electrons. The number of hydrogen-bond acceptors (Lipinski definition) is 3. The summed E-state index contributed by atoms with van der Waals surface area (Å²) < 4.78 is 24.3. The van der Waals surface area contributed by atoms with Crippen LogP contribution in [0.2, 0.25) is 10.0 Å². The van der Waals surface area contributed by atoms with E-state index in [0.29, 0.717) is 21.4 Å². The molecule has 0 spiro atoms. The fourth-order valence-corrected chi connectivity index (χ4v) is 2.81. The smallest absolute Gasteiger partial charge is 0.149 e. The van der Waals surface area contributed by atoms with Crippen LogP contribution in [0.3, 0.4) is 0 Å². The quantitative estimate of drug-likeness (QED) is 0.803. The lowest BCUT2D eigenvalue weighted by Crippen LogP contribution is -2.12. The third-order valence-corrected chi connectivity index (χ3v) is 4.56. The SMILES string of the molecule is CS(=O)(=O)CCn1c(CCl)nc2cc(Cl)c(Cl)cc21. The van der Waals surface area contributed by atoms with Gasteiger partial charge in [0.25, 0.3) is 0 Å². The molecule has 0 bridgehead atoms. The molecular formula is C11H11Cl3N2O2S. The molecule has 0 amide bonds. The van der Waals surface area contributed by atoms with Crippen molar-refractivity contribution in [2.24, 2.45) is 0 Å². The monoisotopic (exact) mass is 340 g/mol. The normalized spacial score (nSPS) is 12.2. The molecule has 104 valence electrons. The standard InChI is InChI=1S/C11H11Cl3N2O2S/c1-19(17,18)3-2-16-10-5-8(14)7(13)4-9(10)15-11(16)6-12/h4-5H,2-3,6H2,1H3. The van der Waals surface area contributed by atoms with E-state index < -0.39 is 9.84 Å². The molecule has 0 saturated carbocycles. The van der Waals surface area contributed by atoms with Gasteiger partial charge in [-0.25, -0.2) is 13.4 Å². The van der Waals surface area contributed by atoms with Gasteiger partial charge in [0.05, 0.1) is 32.7 Å². The van der Waals surface area contributed by atoms with Crippen molar-refractivity contribution in [3.05, 3.63) is 28.0 Å². The molecule has 0 fully saturated rings. The molecule has 1 heterocycles. The van der Waals surface area contributed by atoms with Crippen molar-refractivity contribution in [1.82, 2.24) is 9.55 Å². The number of sulfone groups is 1. The Labute approximate surface area is 126 Å². The highest BCUT2D eigenvalue weighted by Gasteiger charge is 2.14. The average molecular weight is 342 g/mol. The van der Waals surface area contributed by atoms with E-state index in [2.05, 4.69) is 4.98 Å². The van der Waals surface area contributed by atoms with Crippen molar-refractivity contribution in [3.63, 3.8) is 0 Å². The van der Waals surface area contributed by atoms with Gasteiger partial charge in [-0.3, -0.25) is 0 Å². The molecule has 0 atom stereocenters. The first-order chi connectivity index (χ1) is 8.81. The third-order valence-electron chi connectivity index (χ3n) is 2.67. The predicted octanol–water partition coefficient (Wildman–Crippen LogP) is 3.13. The summed E-state index contributed by atoms with van der Waals surface area (Å²) in [6.07, 6.45) is 1.19. The van der Waals surface area contributed by atoms with Crippen LogP contribution < -0.4 is 0 Å². The molecule has 8 heteroatoms. The fraction of sp³-hybridized carbons (Fsp3) is 0.364. The Bertz CT molecular complexity index is 725. The summed E-state index contributed by atoms with van der Waals surface area (Å²) in [6, 6.07) is 3.32. The van der Waals surface area contributed by atoms with Gasteiger partial charge in [-0.05, 0) is 12.1 Å². The maximum Gasteiger partial charge on any atom is 0.149 e. The molecule has 0 N–H and O–H groups in total. The molecule has 1 aromatic carbocycles. The Balaban J connectivity index is 2.54. The number of halogens is 3. The first-order valence-corrected chi connectivity index (χ1v) is 8.75. The topological polar surface area (TPSA) is 52.0 Å². The zero-order valence-corrected chi connectivity index (χ0v) is 13.1. The summed E-state index contributed by atoms with van der Waals surface area (Å²) in [5.74, 6) is 0.801. The van der Waals surface area contributed by atoms with Crippen LogP contribution >= 0.6 is 34.8 Å². The third kappa shape index (κ3) is 3.34. The van der Waals surface area contributed by atoms with E-state index in [9.17, 15) is 8.42 Å². The highest BCUT2D eigenvalue weighted by atomic mass is 35.5. The first-order valence-electron chi connectivity index (χ1n) is 5.39. The lowest BCUT2D eigenvalue weighted by molar-refractivity contribution is 0.594. The van der Waals surface area contributed by atoms with Gasteiger partial charge in [0, 0.05) is 12.8 Å². The van der Waals surface area contributed by atoms with Crippen LogP contribution in [0, 0.1) is 0 Å². The second-order valence-corrected chi connectivity index (χ2v) is 7.54. The number of imidazole rings is 1. The molecule has 0 unspecified atom stereocenters. The predicted molar refractivity (Wildman–Crippen MR) is 79.0 cm³/mol. The summed E-state index contributed by atoms with van der Waals surface area (Å²) in [4.78, 5) is 4.33. The molecular weight excluding hydrogens is 331 g/mol. The number of fused-ring (bicyclic) bond motifs is 1. The molecule has 19 heavy (non-hydrogen) atoms. The minimum atomic E-state index is -3.06. The zero-order chi connectivity index (χ0) is 14.2. The van der Waals surface area contributed by atoms with Gasteiger partial charge in [-0.15, -0.1) is 11.6 Å². The largest absolute Gasteiger partial charge is 0.326 e. The van der Waals surface area contributed by atoms with Crippen LogP contribution in [-0.2, 0) is 22.3 Å². The van der Waals surface area contributed by atoms with Crippen LogP contribution in [0.15, 0.2) is 12.1 Å². The van der Waals surface area contributed by atoms with Crippen molar-refractivity contribution in [2.45, 2.75) is 12.4 Å². The second-order valence-electron chi connectivity index (χ2n) is 4.20. The summed E-state index contributed by atoms with van der Waals surface area (Å²) in [7, 11) is -3.06. The second kappa shape index (κ2) is 5.48. The minimum Gasteiger partial charge on any atom is -0.326 e. The summed E-state index contributed by atoms with van der Waals surface area (Å²) in [5.41, 5.74) is 1.38. The van der Waals surface area contributed by atoms with Gasteiger partial charge in [0.2, 0.25) is 0 Å². The number of rotatable bonds is 4. The number of hydrogen-bond donors (Lipinski definition) is 0. The van der Waals surface area contributed by atoms with Gasteiger partial charge >= 0.3 is 0 Å². The molecule has 2 rings (SSSR count). The van der Waals surface area contributed by atoms with Crippen LogP contribution in [-0.4, -0.2) is 30.0 Å². The van der Waals surface area contributed by atoms with Crippen LogP contribution in [0.25, 0.3) is 11.0 Å². The van der Waals surface area contributed by atoms with Crippen LogP contribution in [0.5, 0.6) is 0 Å². The van der Waals surface area contributed by atoms with E-state index in [1.54, 1.807) is 16.7 Å². The lowest BCUT2D eigenvalue weighted by Gasteiger charge is -2.07.